The number of hydrogen-bond donors (Lipinski definition) is 1. The second-order valence-electron chi connectivity index (χ2n) is 5.89. The molecule has 0 fully saturated rings. The Hall–Kier alpha value is -2.34. The van der Waals surface area contributed by atoms with E-state index in [1.54, 1.807) is 10.9 Å². The average molecular weight is 329 g/mol. The quantitative estimate of drug-likeness (QED) is 0.882. The molecule has 0 saturated heterocycles. The molecule has 1 atom stereocenters. The van der Waals surface area contributed by atoms with Crippen LogP contribution in [0.5, 0.6) is 5.75 Å². The smallest absolute Gasteiger partial charge is 0.246 e. The number of hydrogen-bond acceptors (Lipinski definition) is 4. The van der Waals surface area contributed by atoms with E-state index in [-0.39, 0.29) is 18.6 Å². The fourth-order valence-corrected chi connectivity index (χ4v) is 2.95. The van der Waals surface area contributed by atoms with Gasteiger partial charge in [0.1, 0.15) is 12.4 Å². The molecule has 0 aliphatic carbocycles. The number of aryl methyl sites for hydroxylation is 2. The van der Waals surface area contributed by atoms with Crippen molar-refractivity contribution in [1.82, 2.24) is 15.1 Å². The van der Waals surface area contributed by atoms with Crippen LogP contribution in [0.3, 0.4) is 0 Å². The van der Waals surface area contributed by atoms with E-state index in [0.717, 1.165) is 29.8 Å². The molecule has 2 heterocycles. The van der Waals surface area contributed by atoms with Crippen LogP contribution < -0.4 is 10.1 Å². The molecule has 1 aromatic carbocycles. The van der Waals surface area contributed by atoms with E-state index in [0.29, 0.717) is 13.2 Å². The zero-order chi connectivity index (χ0) is 16.9. The minimum Gasteiger partial charge on any atom is -0.493 e. The van der Waals surface area contributed by atoms with Crippen LogP contribution in [-0.4, -0.2) is 28.9 Å². The topological polar surface area (TPSA) is 65.4 Å². The van der Waals surface area contributed by atoms with Crippen molar-refractivity contribution in [2.45, 2.75) is 32.4 Å². The first-order valence-corrected chi connectivity index (χ1v) is 8.27. The summed E-state index contributed by atoms with van der Waals surface area (Å²) in [5, 5.41) is 7.13. The normalized spacial score (nSPS) is 16.3. The van der Waals surface area contributed by atoms with Crippen molar-refractivity contribution in [2.75, 3.05) is 13.2 Å². The van der Waals surface area contributed by atoms with Crippen LogP contribution in [-0.2, 0) is 29.6 Å². The van der Waals surface area contributed by atoms with Crippen LogP contribution in [0.25, 0.3) is 0 Å². The fourth-order valence-electron chi connectivity index (χ4n) is 2.95. The molecule has 0 saturated carbocycles. The van der Waals surface area contributed by atoms with Gasteiger partial charge in [0, 0.05) is 25.2 Å². The Kier molecular flexibility index (Phi) is 5.15. The number of nitrogens with one attached hydrogen (secondary N) is 1. The lowest BCUT2D eigenvalue weighted by Gasteiger charge is -2.28. The number of rotatable bonds is 6. The summed E-state index contributed by atoms with van der Waals surface area (Å²) in [5.41, 5.74) is 3.17. The number of benzene rings is 1. The molecule has 0 radical (unpaired) electrons. The third-order valence-electron chi connectivity index (χ3n) is 4.28. The fraction of sp³-hybridized carbons (Fsp3) is 0.444. The Morgan fingerprint density at radius 2 is 2.33 bits per heavy atom. The second kappa shape index (κ2) is 7.49. The van der Waals surface area contributed by atoms with Crippen molar-refractivity contribution in [1.29, 1.82) is 0 Å². The highest BCUT2D eigenvalue weighted by Gasteiger charge is 2.24. The van der Waals surface area contributed by atoms with Crippen LogP contribution in [0.15, 0.2) is 30.5 Å². The monoisotopic (exact) mass is 329 g/mol. The number of para-hydroxylation sites is 1. The highest BCUT2D eigenvalue weighted by molar-refractivity contribution is 5.78. The molecule has 128 valence electrons. The summed E-state index contributed by atoms with van der Waals surface area (Å²) in [6.07, 6.45) is 3.40. The van der Waals surface area contributed by atoms with E-state index in [4.69, 9.17) is 9.47 Å². The van der Waals surface area contributed by atoms with E-state index >= 15 is 0 Å². The van der Waals surface area contributed by atoms with Crippen molar-refractivity contribution in [3.8, 4) is 5.75 Å². The highest BCUT2D eigenvalue weighted by atomic mass is 16.5. The number of carbonyl (C=O) groups excluding carboxylic acids is 1. The standard InChI is InChI=1S/C18H23N3O3/c1-3-13-5-4-6-15-16(8-10-24-18(13)15)20-17(22)12-23-11-14-7-9-19-21(14)2/h4-7,9,16H,3,8,10-12H2,1-2H3,(H,20,22). The number of carbonyl (C=O) groups is 1. The van der Waals surface area contributed by atoms with Crippen LogP contribution in [0.2, 0.25) is 0 Å². The molecular weight excluding hydrogens is 306 g/mol. The number of aromatic nitrogens is 2. The van der Waals surface area contributed by atoms with Crippen molar-refractivity contribution in [3.63, 3.8) is 0 Å². The van der Waals surface area contributed by atoms with E-state index in [1.807, 2.05) is 25.2 Å². The highest BCUT2D eigenvalue weighted by Crippen LogP contribution is 2.35. The van der Waals surface area contributed by atoms with Gasteiger partial charge in [-0.1, -0.05) is 25.1 Å². The van der Waals surface area contributed by atoms with Gasteiger partial charge >= 0.3 is 0 Å². The molecule has 24 heavy (non-hydrogen) atoms. The molecule has 1 aliphatic rings. The maximum absolute atomic E-state index is 12.2. The summed E-state index contributed by atoms with van der Waals surface area (Å²) in [5.74, 6) is 0.810. The first-order chi connectivity index (χ1) is 11.7. The van der Waals surface area contributed by atoms with Gasteiger partial charge in [-0.3, -0.25) is 9.48 Å². The summed E-state index contributed by atoms with van der Waals surface area (Å²) in [4.78, 5) is 12.2. The predicted octanol–water partition coefficient (Wildman–Crippen LogP) is 2.14. The Labute approximate surface area is 141 Å². The van der Waals surface area contributed by atoms with E-state index in [1.165, 1.54) is 5.56 Å². The number of amides is 1. The van der Waals surface area contributed by atoms with Crippen LogP contribution in [0.1, 0.15) is 36.2 Å². The van der Waals surface area contributed by atoms with Gasteiger partial charge in [-0.15, -0.1) is 0 Å². The largest absolute Gasteiger partial charge is 0.493 e. The minimum atomic E-state index is -0.114. The van der Waals surface area contributed by atoms with Crippen molar-refractivity contribution in [2.24, 2.45) is 7.05 Å². The van der Waals surface area contributed by atoms with E-state index < -0.39 is 0 Å². The first-order valence-electron chi connectivity index (χ1n) is 8.27. The zero-order valence-electron chi connectivity index (χ0n) is 14.1. The van der Waals surface area contributed by atoms with Gasteiger partial charge < -0.3 is 14.8 Å². The van der Waals surface area contributed by atoms with E-state index in [2.05, 4.69) is 23.4 Å². The van der Waals surface area contributed by atoms with Crippen LogP contribution >= 0.6 is 0 Å². The van der Waals surface area contributed by atoms with Crippen LogP contribution in [0.4, 0.5) is 0 Å². The molecular formula is C18H23N3O3. The predicted molar refractivity (Wildman–Crippen MR) is 89.7 cm³/mol. The summed E-state index contributed by atoms with van der Waals surface area (Å²) in [6.45, 7) is 3.12. The molecule has 0 spiro atoms. The second-order valence-corrected chi connectivity index (χ2v) is 5.89. The Morgan fingerprint density at radius 3 is 3.08 bits per heavy atom. The molecule has 6 heteroatoms. The molecule has 3 rings (SSSR count). The Morgan fingerprint density at radius 1 is 1.46 bits per heavy atom. The SMILES string of the molecule is CCc1cccc2c1OCCC2NC(=O)COCc1ccnn1C. The number of ether oxygens (including phenoxy) is 2. The Bertz CT molecular complexity index is 711. The molecule has 1 amide bonds. The van der Waals surface area contributed by atoms with Gasteiger partial charge in [0.15, 0.2) is 0 Å². The maximum atomic E-state index is 12.2. The van der Waals surface area contributed by atoms with Crippen LogP contribution in [0, 0.1) is 0 Å². The Balaban J connectivity index is 1.57. The maximum Gasteiger partial charge on any atom is 0.246 e. The molecule has 1 unspecified atom stereocenters. The summed E-state index contributed by atoms with van der Waals surface area (Å²) in [7, 11) is 1.85. The summed E-state index contributed by atoms with van der Waals surface area (Å²) < 4.78 is 13.0. The minimum absolute atomic E-state index is 0.0203. The summed E-state index contributed by atoms with van der Waals surface area (Å²) >= 11 is 0. The lowest BCUT2D eigenvalue weighted by Crippen LogP contribution is -2.34. The van der Waals surface area contributed by atoms with Gasteiger partial charge in [0.2, 0.25) is 5.91 Å². The number of nitrogens with zero attached hydrogens (tertiary/aromatic N) is 2. The van der Waals surface area contributed by atoms with E-state index in [9.17, 15) is 4.79 Å². The molecule has 1 N–H and O–H groups in total. The van der Waals surface area contributed by atoms with Gasteiger partial charge in [-0.05, 0) is 18.1 Å². The lowest BCUT2D eigenvalue weighted by molar-refractivity contribution is -0.127. The molecule has 1 aromatic heterocycles. The third kappa shape index (κ3) is 3.59. The molecule has 0 bridgehead atoms. The average Bonchev–Trinajstić information content (AvgIpc) is 3.00. The third-order valence-corrected chi connectivity index (χ3v) is 4.28. The van der Waals surface area contributed by atoms with Crippen molar-refractivity contribution < 1.29 is 14.3 Å². The first kappa shape index (κ1) is 16.5. The van der Waals surface area contributed by atoms with Gasteiger partial charge in [0.25, 0.3) is 0 Å². The van der Waals surface area contributed by atoms with Crippen molar-refractivity contribution in [3.05, 3.63) is 47.3 Å². The van der Waals surface area contributed by atoms with Gasteiger partial charge in [-0.2, -0.15) is 5.10 Å². The zero-order valence-corrected chi connectivity index (χ0v) is 14.1. The molecule has 1 aliphatic heterocycles. The summed E-state index contributed by atoms with van der Waals surface area (Å²) in [6, 6.07) is 7.96. The van der Waals surface area contributed by atoms with Crippen molar-refractivity contribution >= 4 is 5.91 Å². The molecule has 2 aromatic rings. The lowest BCUT2D eigenvalue weighted by atomic mass is 9.96. The van der Waals surface area contributed by atoms with Gasteiger partial charge in [0.05, 0.1) is 24.9 Å². The molecule has 6 nitrogen and oxygen atoms in total. The number of fused-ring (bicyclic) bond motifs is 1. The van der Waals surface area contributed by atoms with Gasteiger partial charge in [-0.25, -0.2) is 0 Å².